The van der Waals surface area contributed by atoms with Gasteiger partial charge in [-0.25, -0.2) is 0 Å². The van der Waals surface area contributed by atoms with Crippen molar-refractivity contribution in [3.63, 3.8) is 0 Å². The van der Waals surface area contributed by atoms with Crippen molar-refractivity contribution < 1.29 is 27.7 Å². The molecule has 30 heavy (non-hydrogen) atoms. The lowest BCUT2D eigenvalue weighted by atomic mass is 10.1. The number of likely N-dealkylation sites (tertiary alicyclic amines) is 1. The molecule has 1 aromatic carbocycles. The van der Waals surface area contributed by atoms with Crippen LogP contribution in [0.15, 0.2) is 18.2 Å². The molecule has 3 rings (SSSR count). The summed E-state index contributed by atoms with van der Waals surface area (Å²) in [4.78, 5) is 50.0. The molecule has 0 atom stereocenters. The fourth-order valence-electron chi connectivity index (χ4n) is 3.33. The molecule has 2 aliphatic rings. The number of carbonyl (C=O) groups excluding carboxylic acids is 3. The normalized spacial score (nSPS) is 17.6. The summed E-state index contributed by atoms with van der Waals surface area (Å²) in [5.74, 6) is -1.87. The maximum Gasteiger partial charge on any atom is 0.279 e. The third-order valence-electron chi connectivity index (χ3n) is 5.10. The molecule has 0 unspecified atom stereocenters. The Bertz CT molecular complexity index is 1020. The van der Waals surface area contributed by atoms with Crippen LogP contribution in [0.3, 0.4) is 0 Å². The fraction of sp³-hybridized carbons (Fsp3) is 0.471. The van der Waals surface area contributed by atoms with Gasteiger partial charge in [0.1, 0.15) is 6.54 Å². The summed E-state index contributed by atoms with van der Waals surface area (Å²) in [5, 5.41) is 10.9. The summed E-state index contributed by atoms with van der Waals surface area (Å²) in [6, 6.07) is 3.05. The minimum absolute atomic E-state index is 0.0233. The number of hydrogen-bond donors (Lipinski definition) is 1. The summed E-state index contributed by atoms with van der Waals surface area (Å²) >= 11 is 0. The first-order valence-corrected chi connectivity index (χ1v) is 10.6. The van der Waals surface area contributed by atoms with E-state index in [4.69, 9.17) is 0 Å². The number of imide groups is 1. The molecule has 1 fully saturated rings. The molecular weight excluding hydrogens is 418 g/mol. The predicted molar refractivity (Wildman–Crippen MR) is 104 cm³/mol. The van der Waals surface area contributed by atoms with Gasteiger partial charge in [-0.15, -0.1) is 0 Å². The zero-order valence-corrected chi connectivity index (χ0v) is 17.2. The van der Waals surface area contributed by atoms with Crippen LogP contribution in [-0.2, 0) is 15.0 Å². The molecule has 1 N–H and O–H groups in total. The summed E-state index contributed by atoms with van der Waals surface area (Å²) in [6.07, 6.45) is 0.792. The number of nitrogens with one attached hydrogen (secondary N) is 1. The first-order chi connectivity index (χ1) is 14.0. The minimum Gasteiger partial charge on any atom is -0.341 e. The van der Waals surface area contributed by atoms with Crippen molar-refractivity contribution in [1.29, 1.82) is 0 Å². The van der Waals surface area contributed by atoms with Crippen LogP contribution >= 0.6 is 0 Å². The molecule has 13 heteroatoms. The van der Waals surface area contributed by atoms with E-state index >= 15 is 0 Å². The number of non-ortho nitro benzene ring substituents is 1. The molecule has 0 saturated carbocycles. The SMILES string of the molecule is CN(C)S(=O)(=O)NC1CCN(C(=O)CN2C(=O)c3ccc([N+](=O)[O-])cc3C2=O)CC1. The van der Waals surface area contributed by atoms with Crippen LogP contribution in [0.2, 0.25) is 0 Å². The van der Waals surface area contributed by atoms with Crippen molar-refractivity contribution in [2.24, 2.45) is 0 Å². The van der Waals surface area contributed by atoms with Gasteiger partial charge in [-0.3, -0.25) is 29.4 Å². The summed E-state index contributed by atoms with van der Waals surface area (Å²) in [6.45, 7) is 0.0659. The molecule has 1 aromatic rings. The molecule has 3 amide bonds. The van der Waals surface area contributed by atoms with E-state index in [0.29, 0.717) is 12.8 Å². The van der Waals surface area contributed by atoms with E-state index in [1.807, 2.05) is 0 Å². The third-order valence-corrected chi connectivity index (χ3v) is 6.70. The largest absolute Gasteiger partial charge is 0.341 e. The highest BCUT2D eigenvalue weighted by atomic mass is 32.2. The molecule has 2 aliphatic heterocycles. The van der Waals surface area contributed by atoms with Crippen LogP contribution in [0, 0.1) is 10.1 Å². The summed E-state index contributed by atoms with van der Waals surface area (Å²) in [5.41, 5.74) is -0.390. The quantitative estimate of drug-likeness (QED) is 0.359. The van der Waals surface area contributed by atoms with E-state index < -0.39 is 39.4 Å². The molecular formula is C17H21N5O7S. The second-order valence-electron chi connectivity index (χ2n) is 7.24. The van der Waals surface area contributed by atoms with Gasteiger partial charge < -0.3 is 4.90 Å². The number of nitrogens with zero attached hydrogens (tertiary/aromatic N) is 4. The number of rotatable bonds is 6. The Hall–Kier alpha value is -2.90. The number of nitro benzene ring substituents is 1. The van der Waals surface area contributed by atoms with Crippen molar-refractivity contribution in [1.82, 2.24) is 18.8 Å². The van der Waals surface area contributed by atoms with Gasteiger partial charge in [0.2, 0.25) is 5.91 Å². The molecule has 2 heterocycles. The maximum atomic E-state index is 12.6. The second kappa shape index (κ2) is 8.08. The number of fused-ring (bicyclic) bond motifs is 1. The van der Waals surface area contributed by atoms with E-state index in [1.165, 1.54) is 25.1 Å². The highest BCUT2D eigenvalue weighted by molar-refractivity contribution is 7.87. The minimum atomic E-state index is -3.57. The molecule has 0 radical (unpaired) electrons. The lowest BCUT2D eigenvalue weighted by Crippen LogP contribution is -2.51. The van der Waals surface area contributed by atoms with Gasteiger partial charge in [-0.2, -0.15) is 17.4 Å². The average Bonchev–Trinajstić information content (AvgIpc) is 2.92. The Morgan fingerprint density at radius 2 is 1.80 bits per heavy atom. The number of carbonyl (C=O) groups is 3. The van der Waals surface area contributed by atoms with Crippen LogP contribution in [0.1, 0.15) is 33.6 Å². The highest BCUT2D eigenvalue weighted by Gasteiger charge is 2.39. The molecule has 0 spiro atoms. The van der Waals surface area contributed by atoms with E-state index in [2.05, 4.69) is 4.72 Å². The van der Waals surface area contributed by atoms with Gasteiger partial charge >= 0.3 is 0 Å². The van der Waals surface area contributed by atoms with Gasteiger partial charge in [0.25, 0.3) is 27.7 Å². The van der Waals surface area contributed by atoms with Crippen molar-refractivity contribution in [2.45, 2.75) is 18.9 Å². The summed E-state index contributed by atoms with van der Waals surface area (Å²) in [7, 11) is -0.746. The molecule has 162 valence electrons. The molecule has 1 saturated heterocycles. The van der Waals surface area contributed by atoms with E-state index in [-0.39, 0.29) is 35.9 Å². The standard InChI is InChI=1S/C17H21N5O7S/c1-19(2)30(28,29)18-11-5-7-20(8-6-11)15(23)10-21-16(24)13-4-3-12(22(26)27)9-14(13)17(21)25/h3-4,9,11,18H,5-8,10H2,1-2H3. The molecule has 0 aliphatic carbocycles. The van der Waals surface area contributed by atoms with Gasteiger partial charge in [0.15, 0.2) is 0 Å². The maximum absolute atomic E-state index is 12.6. The van der Waals surface area contributed by atoms with Crippen LogP contribution in [0.25, 0.3) is 0 Å². The lowest BCUT2D eigenvalue weighted by molar-refractivity contribution is -0.384. The van der Waals surface area contributed by atoms with Gasteiger partial charge in [0, 0.05) is 45.4 Å². The second-order valence-corrected chi connectivity index (χ2v) is 9.16. The monoisotopic (exact) mass is 439 g/mol. The average molecular weight is 439 g/mol. The Morgan fingerprint density at radius 3 is 2.37 bits per heavy atom. The topological polar surface area (TPSA) is 150 Å². The fourth-order valence-corrected chi connectivity index (χ4v) is 4.20. The lowest BCUT2D eigenvalue weighted by Gasteiger charge is -2.33. The Labute approximate surface area is 172 Å². The Kier molecular flexibility index (Phi) is 5.87. The Balaban J connectivity index is 1.61. The first-order valence-electron chi connectivity index (χ1n) is 9.13. The van der Waals surface area contributed by atoms with Crippen molar-refractivity contribution in [2.75, 3.05) is 33.7 Å². The number of piperidine rings is 1. The number of amides is 3. The van der Waals surface area contributed by atoms with Crippen LogP contribution in [0.4, 0.5) is 5.69 Å². The number of benzene rings is 1. The zero-order valence-electron chi connectivity index (χ0n) is 16.4. The number of hydrogen-bond acceptors (Lipinski definition) is 7. The van der Waals surface area contributed by atoms with E-state index in [1.54, 1.807) is 0 Å². The zero-order chi connectivity index (χ0) is 22.2. The van der Waals surface area contributed by atoms with Crippen molar-refractivity contribution in [3.8, 4) is 0 Å². The predicted octanol–water partition coefficient (Wildman–Crippen LogP) is -0.422. The van der Waals surface area contributed by atoms with Gasteiger partial charge in [-0.05, 0) is 18.9 Å². The van der Waals surface area contributed by atoms with E-state index in [0.717, 1.165) is 21.3 Å². The Morgan fingerprint density at radius 1 is 1.20 bits per heavy atom. The smallest absolute Gasteiger partial charge is 0.279 e. The van der Waals surface area contributed by atoms with Gasteiger partial charge in [-0.1, -0.05) is 0 Å². The van der Waals surface area contributed by atoms with Crippen LogP contribution < -0.4 is 4.72 Å². The molecule has 0 bridgehead atoms. The molecule has 0 aromatic heterocycles. The van der Waals surface area contributed by atoms with Gasteiger partial charge in [0.05, 0.1) is 16.1 Å². The molecule has 12 nitrogen and oxygen atoms in total. The van der Waals surface area contributed by atoms with Crippen molar-refractivity contribution >= 4 is 33.6 Å². The van der Waals surface area contributed by atoms with Crippen LogP contribution in [-0.4, -0.2) is 84.9 Å². The first kappa shape index (κ1) is 21.8. The highest BCUT2D eigenvalue weighted by Crippen LogP contribution is 2.27. The van der Waals surface area contributed by atoms with Crippen molar-refractivity contribution in [3.05, 3.63) is 39.4 Å². The van der Waals surface area contributed by atoms with E-state index in [9.17, 15) is 32.9 Å². The number of nitro groups is 1. The summed E-state index contributed by atoms with van der Waals surface area (Å²) < 4.78 is 27.4. The third kappa shape index (κ3) is 4.17. The van der Waals surface area contributed by atoms with Crippen LogP contribution in [0.5, 0.6) is 0 Å².